The van der Waals surface area contributed by atoms with Crippen molar-refractivity contribution in [2.24, 2.45) is 0 Å². The average Bonchev–Trinajstić information content (AvgIpc) is 2.74. The van der Waals surface area contributed by atoms with Gasteiger partial charge in [0.15, 0.2) is 0 Å². The van der Waals surface area contributed by atoms with E-state index in [0.29, 0.717) is 5.69 Å². The van der Waals surface area contributed by atoms with Gasteiger partial charge in [0.25, 0.3) is 10.0 Å². The Hall–Kier alpha value is -2.09. The molecule has 0 spiro atoms. The van der Waals surface area contributed by atoms with E-state index in [1.807, 2.05) is 19.1 Å². The lowest BCUT2D eigenvalue weighted by Gasteiger charge is -2.34. The Kier molecular flexibility index (Phi) is 6.59. The number of piperazine rings is 1. The maximum atomic E-state index is 12.8. The maximum Gasteiger partial charge on any atom is 0.278 e. The van der Waals surface area contributed by atoms with E-state index < -0.39 is 10.0 Å². The van der Waals surface area contributed by atoms with Gasteiger partial charge in [0.1, 0.15) is 5.82 Å². The zero-order chi connectivity index (χ0) is 20.1. The summed E-state index contributed by atoms with van der Waals surface area (Å²) in [5.74, 6) is 0.816. The lowest BCUT2D eigenvalue weighted by molar-refractivity contribution is 0.283. The first-order chi connectivity index (χ1) is 13.5. The van der Waals surface area contributed by atoms with E-state index >= 15 is 0 Å². The number of rotatable bonds is 7. The Morgan fingerprint density at radius 1 is 1.14 bits per heavy atom. The summed E-state index contributed by atoms with van der Waals surface area (Å²) < 4.78 is 26.3. The molecule has 1 fully saturated rings. The molecule has 1 aliphatic heterocycles. The number of aryl methyl sites for hydroxylation is 1. The molecule has 0 aliphatic carbocycles. The Bertz CT molecular complexity index is 893. The zero-order valence-corrected chi connectivity index (χ0v) is 17.5. The van der Waals surface area contributed by atoms with Gasteiger partial charge in [-0.15, -0.1) is 6.58 Å². The van der Waals surface area contributed by atoms with Crippen molar-refractivity contribution < 1.29 is 8.42 Å². The molecule has 0 N–H and O–H groups in total. The van der Waals surface area contributed by atoms with Gasteiger partial charge in [-0.25, -0.2) is 4.98 Å². The van der Waals surface area contributed by atoms with Gasteiger partial charge in [0.05, 0.1) is 16.8 Å². The molecule has 0 amide bonds. The Morgan fingerprint density at radius 3 is 2.36 bits per heavy atom. The highest BCUT2D eigenvalue weighted by molar-refractivity contribution is 7.94. The summed E-state index contributed by atoms with van der Waals surface area (Å²) in [6.45, 7) is 10.3. The summed E-state index contributed by atoms with van der Waals surface area (Å²) in [4.78, 5) is 9.09. The standard InChI is InChI=1S/C20H25ClN4O2S/c1-3-11-23-12-14-24(15-13-23)20-10-7-18(16-22-20)25(21)28(26,27)19-8-5-17(4-2)6-9-19/h3,5-10,16H,1,4,11-15H2,2H3. The molecule has 6 nitrogen and oxygen atoms in total. The molecule has 0 radical (unpaired) electrons. The molecule has 0 unspecified atom stereocenters. The van der Waals surface area contributed by atoms with Crippen LogP contribution in [0.25, 0.3) is 0 Å². The van der Waals surface area contributed by atoms with Crippen LogP contribution in [0.3, 0.4) is 0 Å². The predicted octanol–water partition coefficient (Wildman–Crippen LogP) is 3.30. The van der Waals surface area contributed by atoms with Gasteiger partial charge in [-0.3, -0.25) is 4.90 Å². The van der Waals surface area contributed by atoms with Gasteiger partial charge in [0, 0.05) is 44.5 Å². The van der Waals surface area contributed by atoms with Crippen molar-refractivity contribution in [3.8, 4) is 0 Å². The molecule has 8 heteroatoms. The van der Waals surface area contributed by atoms with Gasteiger partial charge >= 0.3 is 0 Å². The van der Waals surface area contributed by atoms with Crippen LogP contribution in [0.4, 0.5) is 11.5 Å². The fourth-order valence-electron chi connectivity index (χ4n) is 3.14. The van der Waals surface area contributed by atoms with E-state index in [9.17, 15) is 8.42 Å². The Morgan fingerprint density at radius 2 is 1.82 bits per heavy atom. The minimum absolute atomic E-state index is 0.155. The second kappa shape index (κ2) is 8.94. The molecular weight excluding hydrogens is 396 g/mol. The van der Waals surface area contributed by atoms with Crippen molar-refractivity contribution in [1.29, 1.82) is 0 Å². The number of benzene rings is 1. The maximum absolute atomic E-state index is 12.8. The van der Waals surface area contributed by atoms with E-state index in [1.165, 1.54) is 6.20 Å². The lowest BCUT2D eigenvalue weighted by atomic mass is 10.2. The summed E-state index contributed by atoms with van der Waals surface area (Å²) in [5, 5.41) is 0. The quantitative estimate of drug-likeness (QED) is 0.508. The van der Waals surface area contributed by atoms with Gasteiger partial charge in [0.2, 0.25) is 0 Å². The minimum atomic E-state index is -3.84. The fraction of sp³-hybridized carbons (Fsp3) is 0.350. The monoisotopic (exact) mass is 420 g/mol. The molecule has 0 bridgehead atoms. The first-order valence-corrected chi connectivity index (χ1v) is 11.1. The van der Waals surface area contributed by atoms with Crippen LogP contribution in [0.2, 0.25) is 0 Å². The van der Waals surface area contributed by atoms with Crippen LogP contribution < -0.4 is 8.72 Å². The third kappa shape index (κ3) is 4.48. The second-order valence-electron chi connectivity index (χ2n) is 6.67. The molecule has 1 aliphatic rings. The Balaban J connectivity index is 1.71. The molecule has 1 aromatic carbocycles. The second-order valence-corrected chi connectivity index (χ2v) is 8.99. The topological polar surface area (TPSA) is 56.8 Å². The van der Waals surface area contributed by atoms with Crippen molar-refractivity contribution in [2.75, 3.05) is 41.4 Å². The van der Waals surface area contributed by atoms with Gasteiger partial charge in [-0.1, -0.05) is 25.1 Å². The molecular formula is C20H25ClN4O2S. The van der Waals surface area contributed by atoms with E-state index in [2.05, 4.69) is 21.4 Å². The molecule has 2 aromatic rings. The first-order valence-electron chi connectivity index (χ1n) is 9.30. The molecule has 1 saturated heterocycles. The number of anilines is 2. The number of hydrogen-bond acceptors (Lipinski definition) is 5. The average molecular weight is 421 g/mol. The zero-order valence-electron chi connectivity index (χ0n) is 16.0. The van der Waals surface area contributed by atoms with E-state index in [-0.39, 0.29) is 4.90 Å². The number of halogens is 1. The van der Waals surface area contributed by atoms with Crippen LogP contribution in [-0.2, 0) is 16.4 Å². The highest BCUT2D eigenvalue weighted by Gasteiger charge is 2.24. The normalized spacial score (nSPS) is 15.4. The van der Waals surface area contributed by atoms with Crippen LogP contribution in [0, 0.1) is 0 Å². The highest BCUT2D eigenvalue weighted by atomic mass is 35.5. The number of nitrogens with zero attached hydrogens (tertiary/aromatic N) is 4. The van der Waals surface area contributed by atoms with Crippen molar-refractivity contribution in [3.63, 3.8) is 0 Å². The molecule has 1 aromatic heterocycles. The summed E-state index contributed by atoms with van der Waals surface area (Å²) in [6.07, 6.45) is 4.25. The third-order valence-electron chi connectivity index (χ3n) is 4.86. The minimum Gasteiger partial charge on any atom is -0.354 e. The van der Waals surface area contributed by atoms with Crippen molar-refractivity contribution in [1.82, 2.24) is 9.88 Å². The van der Waals surface area contributed by atoms with Gasteiger partial charge in [-0.05, 0) is 36.2 Å². The summed E-state index contributed by atoms with van der Waals surface area (Å²) in [5.41, 5.74) is 1.38. The third-order valence-corrected chi connectivity index (χ3v) is 7.10. The van der Waals surface area contributed by atoms with Crippen molar-refractivity contribution in [3.05, 3.63) is 60.8 Å². The molecule has 2 heterocycles. The number of hydrogen-bond donors (Lipinski definition) is 0. The molecule has 150 valence electrons. The molecule has 0 saturated carbocycles. The van der Waals surface area contributed by atoms with Gasteiger partial charge < -0.3 is 4.90 Å². The van der Waals surface area contributed by atoms with Crippen LogP contribution in [0.1, 0.15) is 12.5 Å². The Labute approximate surface area is 172 Å². The highest BCUT2D eigenvalue weighted by Crippen LogP contribution is 2.27. The van der Waals surface area contributed by atoms with E-state index in [1.54, 1.807) is 30.3 Å². The van der Waals surface area contributed by atoms with Crippen molar-refractivity contribution >= 4 is 33.3 Å². The van der Waals surface area contributed by atoms with Crippen LogP contribution >= 0.6 is 11.8 Å². The van der Waals surface area contributed by atoms with Crippen LogP contribution in [0.5, 0.6) is 0 Å². The van der Waals surface area contributed by atoms with E-state index in [4.69, 9.17) is 11.8 Å². The number of pyridine rings is 1. The number of sulfonamides is 1. The lowest BCUT2D eigenvalue weighted by Crippen LogP contribution is -2.46. The molecule has 0 atom stereocenters. The fourth-order valence-corrected chi connectivity index (χ4v) is 4.53. The molecule has 28 heavy (non-hydrogen) atoms. The van der Waals surface area contributed by atoms with Crippen LogP contribution in [0.15, 0.2) is 60.1 Å². The predicted molar refractivity (Wildman–Crippen MR) is 114 cm³/mol. The van der Waals surface area contributed by atoms with E-state index in [0.717, 1.165) is 54.4 Å². The van der Waals surface area contributed by atoms with Crippen LogP contribution in [-0.4, -0.2) is 51.0 Å². The smallest absolute Gasteiger partial charge is 0.278 e. The number of aromatic nitrogens is 1. The SMILES string of the molecule is C=CCN1CCN(c2ccc(N(Cl)S(=O)(=O)c3ccc(CC)cc3)cn2)CC1. The molecule has 3 rings (SSSR count). The summed E-state index contributed by atoms with van der Waals surface area (Å²) in [7, 11) is -3.84. The van der Waals surface area contributed by atoms with Gasteiger partial charge in [-0.2, -0.15) is 12.2 Å². The van der Waals surface area contributed by atoms with Crippen molar-refractivity contribution in [2.45, 2.75) is 18.2 Å². The largest absolute Gasteiger partial charge is 0.354 e. The summed E-state index contributed by atoms with van der Waals surface area (Å²) >= 11 is 6.17. The summed E-state index contributed by atoms with van der Waals surface area (Å²) in [6, 6.07) is 10.2. The first kappa shape index (κ1) is 20.6.